The first-order valence-corrected chi connectivity index (χ1v) is 6.57. The minimum absolute atomic E-state index is 0.182. The third kappa shape index (κ3) is 3.29. The van der Waals surface area contributed by atoms with Crippen LogP contribution in [0.2, 0.25) is 0 Å². The fourth-order valence-corrected chi connectivity index (χ4v) is 2.09. The fraction of sp³-hybridized carbons (Fsp3) is 0.467. The molecule has 0 atom stereocenters. The smallest absolute Gasteiger partial charge is 0.410 e. The van der Waals surface area contributed by atoms with Crippen LogP contribution in [0.3, 0.4) is 0 Å². The molecule has 0 unspecified atom stereocenters. The Hall–Kier alpha value is -2.04. The Morgan fingerprint density at radius 2 is 1.95 bits per heavy atom. The minimum atomic E-state index is -0.935. The van der Waals surface area contributed by atoms with Gasteiger partial charge in [-0.25, -0.2) is 9.59 Å². The van der Waals surface area contributed by atoms with Crippen LogP contribution in [0.4, 0.5) is 4.79 Å². The number of nitrogens with zero attached hydrogens (tertiary/aromatic N) is 1. The molecular weight excluding hydrogens is 258 g/mol. The van der Waals surface area contributed by atoms with Gasteiger partial charge in [-0.2, -0.15) is 0 Å². The summed E-state index contributed by atoms with van der Waals surface area (Å²) in [6.45, 7) is 6.63. The van der Waals surface area contributed by atoms with Gasteiger partial charge in [0.05, 0.1) is 5.56 Å². The van der Waals surface area contributed by atoms with E-state index in [4.69, 9.17) is 9.84 Å². The summed E-state index contributed by atoms with van der Waals surface area (Å²) < 4.78 is 5.28. The van der Waals surface area contributed by atoms with Crippen LogP contribution in [0, 0.1) is 0 Å². The molecule has 1 aromatic carbocycles. The molecule has 0 bridgehead atoms. The summed E-state index contributed by atoms with van der Waals surface area (Å²) in [4.78, 5) is 24.4. The molecule has 0 saturated carbocycles. The van der Waals surface area contributed by atoms with Crippen molar-refractivity contribution >= 4 is 12.1 Å². The monoisotopic (exact) mass is 277 g/mol. The molecule has 1 amide bonds. The van der Waals surface area contributed by atoms with Crippen molar-refractivity contribution in [1.29, 1.82) is 0 Å². The Morgan fingerprint density at radius 1 is 1.30 bits per heavy atom. The maximum absolute atomic E-state index is 11.8. The summed E-state index contributed by atoms with van der Waals surface area (Å²) in [7, 11) is 0. The lowest BCUT2D eigenvalue weighted by atomic mass is 9.91. The lowest BCUT2D eigenvalue weighted by Gasteiger charge is -2.40. The SMILES string of the molecule is CC(C)(C)OC(=O)N1CC(c2cccc(C(=O)O)c2)C1. The molecule has 1 N–H and O–H groups in total. The standard InChI is InChI=1S/C15H19NO4/c1-15(2,3)20-14(19)16-8-12(9-16)10-5-4-6-11(7-10)13(17)18/h4-7,12H,8-9H2,1-3H3,(H,17,18). The van der Waals surface area contributed by atoms with Crippen LogP contribution in [0.15, 0.2) is 24.3 Å². The van der Waals surface area contributed by atoms with E-state index in [1.54, 1.807) is 23.1 Å². The van der Waals surface area contributed by atoms with Crippen LogP contribution in [0.25, 0.3) is 0 Å². The Bertz CT molecular complexity index is 527. The molecule has 108 valence electrons. The number of likely N-dealkylation sites (tertiary alicyclic amines) is 1. The number of rotatable bonds is 2. The Kier molecular flexibility index (Phi) is 3.70. The number of hydrogen-bond donors (Lipinski definition) is 1. The summed E-state index contributed by atoms with van der Waals surface area (Å²) in [5, 5.41) is 8.97. The molecule has 20 heavy (non-hydrogen) atoms. The van der Waals surface area contributed by atoms with E-state index >= 15 is 0 Å². The van der Waals surface area contributed by atoms with Gasteiger partial charge >= 0.3 is 12.1 Å². The van der Waals surface area contributed by atoms with Crippen molar-refractivity contribution in [3.8, 4) is 0 Å². The molecule has 1 fully saturated rings. The number of carbonyl (C=O) groups is 2. The highest BCUT2D eigenvalue weighted by atomic mass is 16.6. The number of hydrogen-bond acceptors (Lipinski definition) is 3. The van der Waals surface area contributed by atoms with Crippen molar-refractivity contribution in [1.82, 2.24) is 4.90 Å². The van der Waals surface area contributed by atoms with Crippen molar-refractivity contribution in [3.05, 3.63) is 35.4 Å². The molecule has 0 spiro atoms. The van der Waals surface area contributed by atoms with Crippen molar-refractivity contribution < 1.29 is 19.4 Å². The van der Waals surface area contributed by atoms with Crippen molar-refractivity contribution in [2.45, 2.75) is 32.3 Å². The van der Waals surface area contributed by atoms with Crippen LogP contribution < -0.4 is 0 Å². The molecule has 1 aromatic rings. The van der Waals surface area contributed by atoms with Crippen molar-refractivity contribution in [2.24, 2.45) is 0 Å². The lowest BCUT2D eigenvalue weighted by Crippen LogP contribution is -2.50. The predicted molar refractivity (Wildman–Crippen MR) is 73.9 cm³/mol. The maximum Gasteiger partial charge on any atom is 0.410 e. The zero-order valence-corrected chi connectivity index (χ0v) is 11.9. The Labute approximate surface area is 118 Å². The third-order valence-electron chi connectivity index (χ3n) is 3.14. The summed E-state index contributed by atoms with van der Waals surface area (Å²) in [5.74, 6) is -0.753. The molecule has 1 aliphatic rings. The van der Waals surface area contributed by atoms with E-state index in [9.17, 15) is 9.59 Å². The molecule has 5 nitrogen and oxygen atoms in total. The molecule has 2 rings (SSSR count). The van der Waals surface area contributed by atoms with Gasteiger partial charge in [0.1, 0.15) is 5.60 Å². The number of ether oxygens (including phenoxy) is 1. The number of benzene rings is 1. The minimum Gasteiger partial charge on any atom is -0.478 e. The topological polar surface area (TPSA) is 66.8 Å². The first kappa shape index (κ1) is 14.4. The molecular formula is C15H19NO4. The molecule has 1 heterocycles. The second-order valence-corrected chi connectivity index (χ2v) is 6.01. The van der Waals surface area contributed by atoms with Crippen LogP contribution in [-0.4, -0.2) is 40.8 Å². The summed E-state index contributed by atoms with van der Waals surface area (Å²) in [5.41, 5.74) is 0.730. The molecule has 0 radical (unpaired) electrons. The van der Waals surface area contributed by atoms with Gasteiger partial charge in [0, 0.05) is 19.0 Å². The van der Waals surface area contributed by atoms with Crippen LogP contribution in [0.5, 0.6) is 0 Å². The van der Waals surface area contributed by atoms with E-state index in [0.29, 0.717) is 13.1 Å². The van der Waals surface area contributed by atoms with E-state index < -0.39 is 11.6 Å². The summed E-state index contributed by atoms with van der Waals surface area (Å²) in [6, 6.07) is 6.86. The first-order valence-electron chi connectivity index (χ1n) is 6.57. The number of aromatic carboxylic acids is 1. The van der Waals surface area contributed by atoms with Gasteiger partial charge in [0.15, 0.2) is 0 Å². The quantitative estimate of drug-likeness (QED) is 0.902. The predicted octanol–water partition coefficient (Wildman–Crippen LogP) is 2.72. The van der Waals surface area contributed by atoms with E-state index in [1.807, 2.05) is 26.8 Å². The van der Waals surface area contributed by atoms with E-state index in [0.717, 1.165) is 5.56 Å². The zero-order valence-electron chi connectivity index (χ0n) is 11.9. The zero-order chi connectivity index (χ0) is 14.9. The van der Waals surface area contributed by atoms with Crippen molar-refractivity contribution in [2.75, 3.05) is 13.1 Å². The lowest BCUT2D eigenvalue weighted by molar-refractivity contribution is 0.00815. The van der Waals surface area contributed by atoms with Gasteiger partial charge < -0.3 is 14.7 Å². The molecule has 1 aliphatic heterocycles. The number of carboxylic acids is 1. The third-order valence-corrected chi connectivity index (χ3v) is 3.14. The Morgan fingerprint density at radius 3 is 2.50 bits per heavy atom. The van der Waals surface area contributed by atoms with Gasteiger partial charge in [-0.1, -0.05) is 12.1 Å². The first-order chi connectivity index (χ1) is 9.26. The number of carbonyl (C=O) groups excluding carboxylic acids is 1. The molecule has 0 aromatic heterocycles. The van der Waals surface area contributed by atoms with Gasteiger partial charge in [-0.15, -0.1) is 0 Å². The van der Waals surface area contributed by atoms with Gasteiger partial charge in [-0.3, -0.25) is 0 Å². The summed E-state index contributed by atoms with van der Waals surface area (Å²) >= 11 is 0. The fourth-order valence-electron chi connectivity index (χ4n) is 2.09. The maximum atomic E-state index is 11.8. The second-order valence-electron chi connectivity index (χ2n) is 6.01. The highest BCUT2D eigenvalue weighted by molar-refractivity contribution is 5.87. The second kappa shape index (κ2) is 5.15. The van der Waals surface area contributed by atoms with Gasteiger partial charge in [0.25, 0.3) is 0 Å². The normalized spacial score (nSPS) is 15.7. The molecule has 1 saturated heterocycles. The largest absolute Gasteiger partial charge is 0.478 e. The molecule has 5 heteroatoms. The van der Waals surface area contributed by atoms with E-state index in [-0.39, 0.29) is 17.6 Å². The molecule has 0 aliphatic carbocycles. The van der Waals surface area contributed by atoms with Crippen LogP contribution >= 0.6 is 0 Å². The number of amides is 1. The average Bonchev–Trinajstić information content (AvgIpc) is 2.24. The van der Waals surface area contributed by atoms with Gasteiger partial charge in [-0.05, 0) is 38.5 Å². The van der Waals surface area contributed by atoms with Crippen molar-refractivity contribution in [3.63, 3.8) is 0 Å². The summed E-state index contributed by atoms with van der Waals surface area (Å²) in [6.07, 6.45) is -0.317. The highest BCUT2D eigenvalue weighted by Crippen LogP contribution is 2.28. The van der Waals surface area contributed by atoms with Crippen LogP contribution in [0.1, 0.15) is 42.6 Å². The number of carboxylic acid groups (broad SMARTS) is 1. The highest BCUT2D eigenvalue weighted by Gasteiger charge is 2.34. The van der Waals surface area contributed by atoms with Gasteiger partial charge in [0.2, 0.25) is 0 Å². The van der Waals surface area contributed by atoms with E-state index in [1.165, 1.54) is 0 Å². The Balaban J connectivity index is 1.95. The van der Waals surface area contributed by atoms with Crippen LogP contribution in [-0.2, 0) is 4.74 Å². The average molecular weight is 277 g/mol. The van der Waals surface area contributed by atoms with E-state index in [2.05, 4.69) is 0 Å².